The highest BCUT2D eigenvalue weighted by atomic mass is 35.5. The summed E-state index contributed by atoms with van der Waals surface area (Å²) >= 11 is 6.28. The Balaban J connectivity index is 1.20. The minimum atomic E-state index is -0.334. The van der Waals surface area contributed by atoms with Crippen molar-refractivity contribution < 1.29 is 9.53 Å². The molecule has 0 N–H and O–H groups in total. The quantitative estimate of drug-likeness (QED) is 0.585. The first-order chi connectivity index (χ1) is 15.6. The molecule has 7 rings (SSSR count). The molecule has 10 nitrogen and oxygen atoms in total. The Morgan fingerprint density at radius 2 is 1.84 bits per heavy atom. The van der Waals surface area contributed by atoms with Crippen LogP contribution in [0.15, 0.2) is 36.7 Å². The summed E-state index contributed by atoms with van der Waals surface area (Å²) < 4.78 is 7.39. The number of amides is 1. The number of fused-ring (bicyclic) bond motifs is 5. The molecular formula is C21H19ClN8O2. The predicted molar refractivity (Wildman–Crippen MR) is 115 cm³/mol. The molecule has 0 radical (unpaired) electrons. The van der Waals surface area contributed by atoms with Gasteiger partial charge in [-0.25, -0.2) is 14.8 Å². The van der Waals surface area contributed by atoms with Gasteiger partial charge < -0.3 is 14.5 Å². The molecule has 0 aliphatic carbocycles. The molecule has 3 aromatic rings. The van der Waals surface area contributed by atoms with E-state index in [4.69, 9.17) is 16.3 Å². The van der Waals surface area contributed by atoms with Crippen LogP contribution in [0.3, 0.4) is 0 Å². The van der Waals surface area contributed by atoms with Crippen LogP contribution >= 0.6 is 11.6 Å². The molecule has 0 bridgehead atoms. The van der Waals surface area contributed by atoms with Gasteiger partial charge in [-0.3, -0.25) is 9.47 Å². The first-order valence-electron chi connectivity index (χ1n) is 10.5. The number of hydrogen-bond donors (Lipinski definition) is 0. The lowest BCUT2D eigenvalue weighted by molar-refractivity contribution is 0.152. The highest BCUT2D eigenvalue weighted by Gasteiger charge is 2.54. The molecule has 1 atom stereocenters. The molecule has 1 aromatic carbocycles. The highest BCUT2D eigenvalue weighted by molar-refractivity contribution is 6.30. The number of ether oxygens (including phenoxy) is 1. The Kier molecular flexibility index (Phi) is 3.59. The van der Waals surface area contributed by atoms with E-state index in [0.29, 0.717) is 11.6 Å². The smallest absolute Gasteiger partial charge is 0.410 e. The molecular weight excluding hydrogens is 432 g/mol. The van der Waals surface area contributed by atoms with Gasteiger partial charge in [0.05, 0.1) is 12.2 Å². The van der Waals surface area contributed by atoms with Crippen LogP contribution in [0.2, 0.25) is 5.02 Å². The fourth-order valence-electron chi connectivity index (χ4n) is 5.32. The molecule has 4 aliphatic heterocycles. The zero-order chi connectivity index (χ0) is 21.4. The molecule has 32 heavy (non-hydrogen) atoms. The molecule has 6 heterocycles. The second-order valence-electron chi connectivity index (χ2n) is 8.95. The predicted octanol–water partition coefficient (Wildman–Crippen LogP) is 2.04. The summed E-state index contributed by atoms with van der Waals surface area (Å²) in [5.74, 6) is 2.30. The normalized spacial score (nSPS) is 22.5. The van der Waals surface area contributed by atoms with E-state index in [1.165, 1.54) is 0 Å². The number of rotatable bonds is 2. The van der Waals surface area contributed by atoms with Crippen LogP contribution in [0.5, 0.6) is 0 Å². The first-order valence-corrected chi connectivity index (χ1v) is 10.9. The van der Waals surface area contributed by atoms with Crippen molar-refractivity contribution >= 4 is 29.6 Å². The number of carbonyl (C=O) groups excluding carboxylic acids is 1. The minimum Gasteiger partial charge on any atom is -0.447 e. The molecule has 0 saturated carbocycles. The molecule has 2 aromatic heterocycles. The van der Waals surface area contributed by atoms with Crippen LogP contribution in [-0.4, -0.2) is 68.5 Å². The van der Waals surface area contributed by atoms with Crippen molar-refractivity contribution in [1.29, 1.82) is 0 Å². The number of benzene rings is 1. The lowest BCUT2D eigenvalue weighted by atomic mass is 9.73. The number of cyclic esters (lactones) is 1. The molecule has 3 saturated heterocycles. The molecule has 3 fully saturated rings. The molecule has 1 unspecified atom stereocenters. The van der Waals surface area contributed by atoms with Crippen LogP contribution in [0.25, 0.3) is 5.69 Å². The Bertz CT molecular complexity index is 1230. The monoisotopic (exact) mass is 450 g/mol. The highest BCUT2D eigenvalue weighted by Crippen LogP contribution is 2.45. The Labute approximate surface area is 188 Å². The van der Waals surface area contributed by atoms with E-state index in [2.05, 4.69) is 34.5 Å². The van der Waals surface area contributed by atoms with Gasteiger partial charge in [0.1, 0.15) is 12.6 Å². The van der Waals surface area contributed by atoms with Crippen LogP contribution in [-0.2, 0) is 11.3 Å². The van der Waals surface area contributed by atoms with E-state index in [-0.39, 0.29) is 24.2 Å². The van der Waals surface area contributed by atoms with Gasteiger partial charge in [-0.15, -0.1) is 10.2 Å². The summed E-state index contributed by atoms with van der Waals surface area (Å²) in [6.45, 7) is 4.34. The third kappa shape index (κ3) is 2.49. The van der Waals surface area contributed by atoms with Crippen molar-refractivity contribution in [2.45, 2.75) is 12.6 Å². The zero-order valence-corrected chi connectivity index (χ0v) is 17.8. The summed E-state index contributed by atoms with van der Waals surface area (Å²) in [4.78, 5) is 27.2. The number of hydrogen-bond acceptors (Lipinski definition) is 8. The van der Waals surface area contributed by atoms with Gasteiger partial charge in [-0.05, 0) is 29.8 Å². The Morgan fingerprint density at radius 3 is 2.66 bits per heavy atom. The number of nitrogens with zero attached hydrogens (tertiary/aromatic N) is 8. The van der Waals surface area contributed by atoms with E-state index in [1.807, 2.05) is 24.3 Å². The standard InChI is InChI=1S/C21H19ClN8O2/c22-14-2-3-15-13(6-14)7-29-16(8-32-20(29)31)17-25-26-19(30(15)17)28-11-21(12-28)9-27(10-21)18-23-4-1-5-24-18/h1-6,16H,7-12H2. The average Bonchev–Trinajstić information content (AvgIpc) is 3.28. The van der Waals surface area contributed by atoms with Gasteiger partial charge in [-0.2, -0.15) is 0 Å². The topological polar surface area (TPSA) is 92.5 Å². The second kappa shape index (κ2) is 6.32. The Morgan fingerprint density at radius 1 is 1.06 bits per heavy atom. The summed E-state index contributed by atoms with van der Waals surface area (Å²) in [7, 11) is 0. The van der Waals surface area contributed by atoms with Crippen molar-refractivity contribution in [3.8, 4) is 5.69 Å². The third-order valence-electron chi connectivity index (χ3n) is 6.79. The zero-order valence-electron chi connectivity index (χ0n) is 17.1. The van der Waals surface area contributed by atoms with E-state index in [0.717, 1.165) is 55.2 Å². The molecule has 162 valence electrons. The van der Waals surface area contributed by atoms with E-state index in [9.17, 15) is 4.79 Å². The van der Waals surface area contributed by atoms with Crippen molar-refractivity contribution in [3.63, 3.8) is 0 Å². The van der Waals surface area contributed by atoms with Crippen LogP contribution in [0, 0.1) is 5.41 Å². The summed E-state index contributed by atoms with van der Waals surface area (Å²) in [6.07, 6.45) is 3.21. The van der Waals surface area contributed by atoms with E-state index >= 15 is 0 Å². The third-order valence-corrected chi connectivity index (χ3v) is 7.03. The van der Waals surface area contributed by atoms with Gasteiger partial charge in [0.25, 0.3) is 0 Å². The van der Waals surface area contributed by atoms with Gasteiger partial charge in [-0.1, -0.05) is 11.6 Å². The van der Waals surface area contributed by atoms with Crippen LogP contribution < -0.4 is 9.80 Å². The SMILES string of the molecule is O=C1OCC2c3nnc(N4CC5(CN(c6ncccn6)C5)C4)n3-c3ccc(Cl)cc3CN12. The minimum absolute atomic E-state index is 0.220. The van der Waals surface area contributed by atoms with Crippen molar-refractivity contribution in [1.82, 2.24) is 29.6 Å². The number of aromatic nitrogens is 5. The lowest BCUT2D eigenvalue weighted by Crippen LogP contribution is -2.73. The molecule has 11 heteroatoms. The van der Waals surface area contributed by atoms with Gasteiger partial charge >= 0.3 is 6.09 Å². The Hall–Kier alpha value is -3.40. The van der Waals surface area contributed by atoms with E-state index in [1.54, 1.807) is 17.3 Å². The van der Waals surface area contributed by atoms with E-state index < -0.39 is 0 Å². The summed E-state index contributed by atoms with van der Waals surface area (Å²) in [5, 5.41) is 9.68. The first kappa shape index (κ1) is 18.2. The molecule has 4 aliphatic rings. The van der Waals surface area contributed by atoms with Gasteiger partial charge in [0.15, 0.2) is 5.82 Å². The van der Waals surface area contributed by atoms with Crippen molar-refractivity contribution in [3.05, 3.63) is 53.1 Å². The number of carbonyl (C=O) groups is 1. The van der Waals surface area contributed by atoms with Crippen molar-refractivity contribution in [2.24, 2.45) is 5.41 Å². The maximum Gasteiger partial charge on any atom is 0.410 e. The molecule has 1 amide bonds. The van der Waals surface area contributed by atoms with Crippen LogP contribution in [0.4, 0.5) is 16.7 Å². The second-order valence-corrected chi connectivity index (χ2v) is 9.38. The van der Waals surface area contributed by atoms with Gasteiger partial charge in [0, 0.05) is 49.0 Å². The largest absolute Gasteiger partial charge is 0.447 e. The summed E-state index contributed by atoms with van der Waals surface area (Å²) in [6, 6.07) is 7.31. The fraction of sp³-hybridized carbons (Fsp3) is 0.381. The lowest BCUT2D eigenvalue weighted by Gasteiger charge is -2.60. The number of anilines is 2. The summed E-state index contributed by atoms with van der Waals surface area (Å²) in [5.41, 5.74) is 2.13. The maximum absolute atomic E-state index is 12.3. The number of halogens is 1. The van der Waals surface area contributed by atoms with Gasteiger partial charge in [0.2, 0.25) is 11.9 Å². The average molecular weight is 451 g/mol. The van der Waals surface area contributed by atoms with Crippen LogP contribution in [0.1, 0.15) is 17.4 Å². The maximum atomic E-state index is 12.3. The fourth-order valence-corrected chi connectivity index (χ4v) is 5.52. The molecule has 1 spiro atoms. The van der Waals surface area contributed by atoms with Crippen molar-refractivity contribution in [2.75, 3.05) is 42.6 Å².